The lowest BCUT2D eigenvalue weighted by Gasteiger charge is -2.34. The van der Waals surface area contributed by atoms with Gasteiger partial charge in [-0.05, 0) is 53.3 Å². The van der Waals surface area contributed by atoms with Gasteiger partial charge in [0.25, 0.3) is 0 Å². The standard InChI is InChI=1S/C59H112N2O9/c1-46(2)19-13-22-49(7)25-16-28-52(10)39-56(64)68-43-59(42-67-55(63)31-32-60-33-35-61(36-34-60)37-38-62,44-69-57(65)40-53(11)29-17-26-50(8)23-14-20-47(3)4)45-70-58(66)41-54(12)30-18-27-51(9)24-15-21-48(5)6/h46-54,62H,13-45H2,1-12H3. The third kappa shape index (κ3) is 35.8. The molecule has 6 unspecified atom stereocenters. The number of β-amino-alcohol motifs (C(OH)–C–C–N with tert-alkyl or cyclic N) is 1. The van der Waals surface area contributed by atoms with E-state index >= 15 is 0 Å². The van der Waals surface area contributed by atoms with Gasteiger partial charge in [0, 0.05) is 58.5 Å². The zero-order chi connectivity index (χ0) is 52.3. The molecule has 0 amide bonds. The molecule has 6 atom stereocenters. The van der Waals surface area contributed by atoms with Crippen LogP contribution >= 0.6 is 0 Å². The number of piperazine rings is 1. The first-order valence-corrected chi connectivity index (χ1v) is 28.9. The quantitative estimate of drug-likeness (QED) is 0.0462. The molecule has 0 spiro atoms. The lowest BCUT2D eigenvalue weighted by molar-refractivity contribution is -0.171. The molecule has 1 saturated heterocycles. The minimum absolute atomic E-state index is 0.123. The Balaban J connectivity index is 3.13. The van der Waals surface area contributed by atoms with Crippen LogP contribution in [0.4, 0.5) is 0 Å². The molecule has 1 rings (SSSR count). The van der Waals surface area contributed by atoms with Crippen molar-refractivity contribution >= 4 is 23.9 Å². The fourth-order valence-corrected chi connectivity index (χ4v) is 9.72. The number of aliphatic hydroxyl groups excluding tert-OH is 1. The van der Waals surface area contributed by atoms with Crippen molar-refractivity contribution in [2.45, 2.75) is 224 Å². The van der Waals surface area contributed by atoms with E-state index in [1.807, 2.05) is 0 Å². The van der Waals surface area contributed by atoms with Crippen LogP contribution in [0, 0.1) is 58.7 Å². The molecule has 1 fully saturated rings. The lowest BCUT2D eigenvalue weighted by Crippen LogP contribution is -2.47. The second kappa shape index (κ2) is 39.3. The Morgan fingerprint density at radius 1 is 0.386 bits per heavy atom. The molecule has 1 heterocycles. The van der Waals surface area contributed by atoms with E-state index in [2.05, 4.69) is 92.9 Å². The van der Waals surface area contributed by atoms with Crippen LogP contribution in [0.25, 0.3) is 0 Å². The molecule has 0 aliphatic carbocycles. The van der Waals surface area contributed by atoms with Gasteiger partial charge in [-0.2, -0.15) is 0 Å². The molecule has 1 aliphatic rings. The number of carbonyl (C=O) groups is 4. The first-order valence-electron chi connectivity index (χ1n) is 28.9. The smallest absolute Gasteiger partial charge is 0.307 e. The van der Waals surface area contributed by atoms with Gasteiger partial charge in [0.15, 0.2) is 0 Å². The fourth-order valence-electron chi connectivity index (χ4n) is 9.72. The molecule has 1 N–H and O–H groups in total. The third-order valence-corrected chi connectivity index (χ3v) is 14.8. The molecular weight excluding hydrogens is 881 g/mol. The highest BCUT2D eigenvalue weighted by Gasteiger charge is 2.38. The fraction of sp³-hybridized carbons (Fsp3) is 0.932. The summed E-state index contributed by atoms with van der Waals surface area (Å²) in [5, 5.41) is 9.35. The molecule has 1 aliphatic heterocycles. The monoisotopic (exact) mass is 993 g/mol. The van der Waals surface area contributed by atoms with Crippen LogP contribution in [-0.4, -0.2) is 111 Å². The molecule has 11 nitrogen and oxygen atoms in total. The number of nitrogens with zero attached hydrogens (tertiary/aromatic N) is 2. The summed E-state index contributed by atoms with van der Waals surface area (Å²) in [5.41, 5.74) is -1.29. The lowest BCUT2D eigenvalue weighted by atomic mass is 9.91. The molecule has 0 aromatic heterocycles. The summed E-state index contributed by atoms with van der Waals surface area (Å²) in [6, 6.07) is 0. The predicted octanol–water partition coefficient (Wildman–Crippen LogP) is 13.1. The van der Waals surface area contributed by atoms with Crippen LogP contribution in [0.3, 0.4) is 0 Å². The van der Waals surface area contributed by atoms with Crippen LogP contribution < -0.4 is 0 Å². The van der Waals surface area contributed by atoms with E-state index in [0.29, 0.717) is 30.8 Å². The van der Waals surface area contributed by atoms with Crippen LogP contribution in [0.1, 0.15) is 224 Å². The van der Waals surface area contributed by atoms with E-state index < -0.39 is 11.4 Å². The SMILES string of the molecule is CC(C)CCCC(C)CCCC(C)CC(=O)OCC(COC(=O)CCN1CCN(CCO)CC1)(COC(=O)CC(C)CCCC(C)CCCC(C)C)COC(=O)CC(C)CCCC(C)CCCC(C)C. The molecule has 0 aromatic carbocycles. The highest BCUT2D eigenvalue weighted by atomic mass is 16.6. The minimum atomic E-state index is -1.29. The van der Waals surface area contributed by atoms with E-state index in [9.17, 15) is 24.3 Å². The van der Waals surface area contributed by atoms with E-state index in [4.69, 9.17) is 18.9 Å². The van der Waals surface area contributed by atoms with Gasteiger partial charge in [0.2, 0.25) is 0 Å². The molecule has 0 bridgehead atoms. The Hall–Kier alpha value is -2.24. The highest BCUT2D eigenvalue weighted by molar-refractivity contribution is 5.71. The topological polar surface area (TPSA) is 132 Å². The van der Waals surface area contributed by atoms with Gasteiger partial charge < -0.3 is 29.0 Å². The molecular formula is C59H112N2O9. The Labute approximate surface area is 430 Å². The summed E-state index contributed by atoms with van der Waals surface area (Å²) >= 11 is 0. The van der Waals surface area contributed by atoms with Crippen molar-refractivity contribution in [1.82, 2.24) is 9.80 Å². The Morgan fingerprint density at radius 3 is 0.929 bits per heavy atom. The number of rotatable bonds is 43. The Kier molecular flexibility index (Phi) is 36.9. The predicted molar refractivity (Wildman–Crippen MR) is 287 cm³/mol. The maximum atomic E-state index is 13.6. The molecule has 70 heavy (non-hydrogen) atoms. The van der Waals surface area contributed by atoms with Crippen LogP contribution in [0.15, 0.2) is 0 Å². The number of esters is 4. The molecule has 412 valence electrons. The number of ether oxygens (including phenoxy) is 4. The minimum Gasteiger partial charge on any atom is -0.465 e. The number of carbonyl (C=O) groups excluding carboxylic acids is 4. The van der Waals surface area contributed by atoms with Crippen LogP contribution in [-0.2, 0) is 38.1 Å². The van der Waals surface area contributed by atoms with Crippen molar-refractivity contribution in [2.24, 2.45) is 58.7 Å². The number of hydrogen-bond donors (Lipinski definition) is 1. The summed E-state index contributed by atoms with van der Waals surface area (Å²) in [4.78, 5) is 58.5. The average molecular weight is 994 g/mol. The number of aliphatic hydroxyl groups is 1. The van der Waals surface area contributed by atoms with E-state index in [1.165, 1.54) is 57.8 Å². The Bertz CT molecular complexity index is 1230. The first kappa shape index (κ1) is 65.8. The van der Waals surface area contributed by atoms with Gasteiger partial charge in [0.05, 0.1) is 13.0 Å². The maximum Gasteiger partial charge on any atom is 0.307 e. The van der Waals surface area contributed by atoms with Crippen molar-refractivity contribution in [1.29, 1.82) is 0 Å². The van der Waals surface area contributed by atoms with Gasteiger partial charge in [-0.15, -0.1) is 0 Å². The maximum absolute atomic E-state index is 13.6. The largest absolute Gasteiger partial charge is 0.465 e. The van der Waals surface area contributed by atoms with Crippen molar-refractivity contribution in [3.63, 3.8) is 0 Å². The molecule has 0 aromatic rings. The summed E-state index contributed by atoms with van der Waals surface area (Å²) in [7, 11) is 0. The summed E-state index contributed by atoms with van der Waals surface area (Å²) in [6.45, 7) is 30.5. The van der Waals surface area contributed by atoms with Crippen molar-refractivity contribution < 1.29 is 43.2 Å². The van der Waals surface area contributed by atoms with Gasteiger partial charge >= 0.3 is 23.9 Å². The zero-order valence-electron chi connectivity index (χ0n) is 47.6. The molecule has 11 heteroatoms. The van der Waals surface area contributed by atoms with E-state index in [1.54, 1.807) is 0 Å². The van der Waals surface area contributed by atoms with Crippen molar-refractivity contribution in [3.05, 3.63) is 0 Å². The summed E-state index contributed by atoms with van der Waals surface area (Å²) < 4.78 is 24.0. The number of hydrogen-bond acceptors (Lipinski definition) is 11. The zero-order valence-corrected chi connectivity index (χ0v) is 47.6. The summed E-state index contributed by atoms with van der Waals surface area (Å²) in [6.07, 6.45) is 21.4. The van der Waals surface area contributed by atoms with E-state index in [-0.39, 0.29) is 94.4 Å². The van der Waals surface area contributed by atoms with Gasteiger partial charge in [-0.1, -0.05) is 199 Å². The van der Waals surface area contributed by atoms with Crippen LogP contribution in [0.5, 0.6) is 0 Å². The van der Waals surface area contributed by atoms with E-state index in [0.717, 1.165) is 102 Å². The summed E-state index contributed by atoms with van der Waals surface area (Å²) in [5.74, 6) is 2.97. The second-order valence-electron chi connectivity index (χ2n) is 24.3. The van der Waals surface area contributed by atoms with Gasteiger partial charge in [-0.25, -0.2) is 0 Å². The normalized spacial score (nSPS) is 17.2. The van der Waals surface area contributed by atoms with Crippen LogP contribution in [0.2, 0.25) is 0 Å². The first-order chi connectivity index (χ1) is 33.2. The van der Waals surface area contributed by atoms with Gasteiger partial charge in [0.1, 0.15) is 31.8 Å². The third-order valence-electron chi connectivity index (χ3n) is 14.8. The molecule has 0 saturated carbocycles. The second-order valence-corrected chi connectivity index (χ2v) is 24.3. The van der Waals surface area contributed by atoms with Crippen molar-refractivity contribution in [3.8, 4) is 0 Å². The molecule has 0 radical (unpaired) electrons. The Morgan fingerprint density at radius 2 is 0.643 bits per heavy atom. The average Bonchev–Trinajstić information content (AvgIpc) is 3.28. The van der Waals surface area contributed by atoms with Gasteiger partial charge in [-0.3, -0.25) is 24.1 Å². The van der Waals surface area contributed by atoms with Crippen molar-refractivity contribution in [2.75, 3.05) is 72.3 Å². The highest BCUT2D eigenvalue weighted by Crippen LogP contribution is 2.27.